The summed E-state index contributed by atoms with van der Waals surface area (Å²) in [6, 6.07) is 2.11. The summed E-state index contributed by atoms with van der Waals surface area (Å²) in [5.41, 5.74) is 6.49. The van der Waals surface area contributed by atoms with Crippen molar-refractivity contribution in [2.24, 2.45) is 5.92 Å². The molecule has 0 bridgehead atoms. The number of carbonyl (C=O) groups is 1. The van der Waals surface area contributed by atoms with Gasteiger partial charge in [0.1, 0.15) is 0 Å². The summed E-state index contributed by atoms with van der Waals surface area (Å²) in [5, 5.41) is 3.14. The molecule has 0 radical (unpaired) electrons. The molecule has 0 spiro atoms. The van der Waals surface area contributed by atoms with E-state index >= 15 is 0 Å². The van der Waals surface area contributed by atoms with E-state index in [4.69, 9.17) is 5.73 Å². The molecule has 1 aliphatic rings. The van der Waals surface area contributed by atoms with Gasteiger partial charge in [-0.05, 0) is 31.7 Å². The van der Waals surface area contributed by atoms with Gasteiger partial charge in [0, 0.05) is 16.6 Å². The van der Waals surface area contributed by atoms with Crippen molar-refractivity contribution in [3.63, 3.8) is 0 Å². The van der Waals surface area contributed by atoms with Crippen LogP contribution in [0.3, 0.4) is 0 Å². The average Bonchev–Trinajstić information content (AvgIpc) is 2.63. The zero-order valence-electron chi connectivity index (χ0n) is 10.5. The van der Waals surface area contributed by atoms with E-state index in [1.54, 1.807) is 6.07 Å². The normalized spacial score (nSPS) is 24.6. The van der Waals surface area contributed by atoms with Gasteiger partial charge in [0.25, 0.3) is 5.91 Å². The zero-order chi connectivity index (χ0) is 12.4. The number of aryl methyl sites for hydroxylation is 1. The standard InChI is InChI=1S/C13H20N2OS/c1-8-5-3-4-6-11(8)15-13(16)12-7-10(14)9(2)17-12/h7-8,11H,3-6,14H2,1-2H3,(H,15,16). The van der Waals surface area contributed by atoms with Crippen LogP contribution in [0.25, 0.3) is 0 Å². The maximum absolute atomic E-state index is 12.1. The van der Waals surface area contributed by atoms with Gasteiger partial charge in [-0.2, -0.15) is 0 Å². The molecular formula is C13H20N2OS. The lowest BCUT2D eigenvalue weighted by Gasteiger charge is -2.29. The number of hydrogen-bond acceptors (Lipinski definition) is 3. The number of nitrogens with one attached hydrogen (secondary N) is 1. The Bertz CT molecular complexity index is 394. The Hall–Kier alpha value is -1.03. The predicted molar refractivity (Wildman–Crippen MR) is 72.4 cm³/mol. The molecule has 0 saturated heterocycles. The van der Waals surface area contributed by atoms with E-state index in [-0.39, 0.29) is 5.91 Å². The SMILES string of the molecule is Cc1sc(C(=O)NC2CCCCC2C)cc1N. The number of thiophene rings is 1. The van der Waals surface area contributed by atoms with Gasteiger partial charge in [0.05, 0.1) is 4.88 Å². The van der Waals surface area contributed by atoms with Gasteiger partial charge in [-0.1, -0.05) is 19.8 Å². The Kier molecular flexibility index (Phi) is 3.72. The van der Waals surface area contributed by atoms with Crippen LogP contribution in [0.4, 0.5) is 5.69 Å². The minimum Gasteiger partial charge on any atom is -0.398 e. The second-order valence-electron chi connectivity index (χ2n) is 4.96. The number of nitrogen functional groups attached to an aromatic ring is 1. The average molecular weight is 252 g/mol. The zero-order valence-corrected chi connectivity index (χ0v) is 11.3. The highest BCUT2D eigenvalue weighted by atomic mass is 32.1. The van der Waals surface area contributed by atoms with Crippen LogP contribution in [0.1, 0.15) is 47.2 Å². The molecule has 1 aromatic rings. The van der Waals surface area contributed by atoms with Crippen molar-refractivity contribution in [1.29, 1.82) is 0 Å². The molecule has 1 aliphatic carbocycles. The summed E-state index contributed by atoms with van der Waals surface area (Å²) in [6.07, 6.45) is 4.84. The first-order valence-corrected chi connectivity index (χ1v) is 7.06. The fourth-order valence-electron chi connectivity index (χ4n) is 2.38. The van der Waals surface area contributed by atoms with Gasteiger partial charge in [0.2, 0.25) is 0 Å². The van der Waals surface area contributed by atoms with E-state index in [9.17, 15) is 4.79 Å². The van der Waals surface area contributed by atoms with Crippen LogP contribution < -0.4 is 11.1 Å². The molecule has 2 atom stereocenters. The number of anilines is 1. The molecule has 3 N–H and O–H groups in total. The van der Waals surface area contributed by atoms with Crippen molar-refractivity contribution in [1.82, 2.24) is 5.32 Å². The van der Waals surface area contributed by atoms with Crippen LogP contribution in [0.2, 0.25) is 0 Å². The maximum atomic E-state index is 12.1. The van der Waals surface area contributed by atoms with Gasteiger partial charge < -0.3 is 11.1 Å². The van der Waals surface area contributed by atoms with E-state index in [0.717, 1.165) is 21.9 Å². The van der Waals surface area contributed by atoms with E-state index in [2.05, 4.69) is 12.2 Å². The number of hydrogen-bond donors (Lipinski definition) is 2. The molecule has 94 valence electrons. The highest BCUT2D eigenvalue weighted by Crippen LogP contribution is 2.26. The van der Waals surface area contributed by atoms with Gasteiger partial charge in [-0.3, -0.25) is 4.79 Å². The molecule has 0 aromatic carbocycles. The maximum Gasteiger partial charge on any atom is 0.261 e. The first-order valence-electron chi connectivity index (χ1n) is 6.24. The van der Waals surface area contributed by atoms with Crippen LogP contribution in [-0.2, 0) is 0 Å². The van der Waals surface area contributed by atoms with Crippen molar-refractivity contribution < 1.29 is 4.79 Å². The molecule has 2 rings (SSSR count). The Morgan fingerprint density at radius 1 is 1.47 bits per heavy atom. The van der Waals surface area contributed by atoms with Crippen LogP contribution >= 0.6 is 11.3 Å². The van der Waals surface area contributed by atoms with Crippen molar-refractivity contribution in [3.05, 3.63) is 15.8 Å². The molecular weight excluding hydrogens is 232 g/mol. The summed E-state index contributed by atoms with van der Waals surface area (Å²) in [5.74, 6) is 0.625. The van der Waals surface area contributed by atoms with Crippen molar-refractivity contribution >= 4 is 22.9 Å². The third-order valence-corrected chi connectivity index (χ3v) is 4.67. The van der Waals surface area contributed by atoms with Gasteiger partial charge in [0.15, 0.2) is 0 Å². The van der Waals surface area contributed by atoms with Crippen molar-refractivity contribution in [3.8, 4) is 0 Å². The second kappa shape index (κ2) is 5.08. The molecule has 1 aromatic heterocycles. The molecule has 3 nitrogen and oxygen atoms in total. The van der Waals surface area contributed by atoms with Crippen LogP contribution in [0.15, 0.2) is 6.07 Å². The number of nitrogens with two attached hydrogens (primary N) is 1. The molecule has 1 fully saturated rings. The van der Waals surface area contributed by atoms with E-state index in [1.165, 1.54) is 30.6 Å². The topological polar surface area (TPSA) is 55.1 Å². The van der Waals surface area contributed by atoms with E-state index < -0.39 is 0 Å². The first-order chi connectivity index (χ1) is 8.08. The highest BCUT2D eigenvalue weighted by Gasteiger charge is 2.23. The summed E-state index contributed by atoms with van der Waals surface area (Å²) < 4.78 is 0. The monoisotopic (exact) mass is 252 g/mol. The molecule has 1 saturated carbocycles. The quantitative estimate of drug-likeness (QED) is 0.850. The highest BCUT2D eigenvalue weighted by molar-refractivity contribution is 7.14. The van der Waals surface area contributed by atoms with Gasteiger partial charge in [-0.15, -0.1) is 11.3 Å². The van der Waals surface area contributed by atoms with Gasteiger partial charge >= 0.3 is 0 Å². The summed E-state index contributed by atoms with van der Waals surface area (Å²) in [6.45, 7) is 4.16. The first kappa shape index (κ1) is 12.4. The molecule has 1 heterocycles. The predicted octanol–water partition coefficient (Wildman–Crippen LogP) is 2.95. The fourth-order valence-corrected chi connectivity index (χ4v) is 3.22. The Morgan fingerprint density at radius 3 is 2.76 bits per heavy atom. The minimum atomic E-state index is 0.0357. The molecule has 0 aliphatic heterocycles. The lowest BCUT2D eigenvalue weighted by Crippen LogP contribution is -2.40. The third kappa shape index (κ3) is 2.80. The summed E-state index contributed by atoms with van der Waals surface area (Å²) in [4.78, 5) is 13.8. The number of amides is 1. The molecule has 4 heteroatoms. The second-order valence-corrected chi connectivity index (χ2v) is 6.22. The molecule has 2 unspecified atom stereocenters. The Balaban J connectivity index is 2.01. The molecule has 1 amide bonds. The Labute approximate surface area is 106 Å². The summed E-state index contributed by atoms with van der Waals surface area (Å²) in [7, 11) is 0. The number of carbonyl (C=O) groups excluding carboxylic acids is 1. The third-order valence-electron chi connectivity index (χ3n) is 3.61. The smallest absolute Gasteiger partial charge is 0.261 e. The van der Waals surface area contributed by atoms with Crippen LogP contribution in [0.5, 0.6) is 0 Å². The Morgan fingerprint density at radius 2 is 2.18 bits per heavy atom. The lowest BCUT2D eigenvalue weighted by atomic mass is 9.86. The van der Waals surface area contributed by atoms with E-state index in [0.29, 0.717) is 12.0 Å². The molecule has 17 heavy (non-hydrogen) atoms. The van der Waals surface area contributed by atoms with E-state index in [1.807, 2.05) is 6.92 Å². The minimum absolute atomic E-state index is 0.0357. The summed E-state index contributed by atoms with van der Waals surface area (Å²) >= 11 is 1.48. The van der Waals surface area contributed by atoms with Crippen LogP contribution in [-0.4, -0.2) is 11.9 Å². The van der Waals surface area contributed by atoms with Crippen molar-refractivity contribution in [2.45, 2.75) is 45.6 Å². The lowest BCUT2D eigenvalue weighted by molar-refractivity contribution is 0.0914. The van der Waals surface area contributed by atoms with Crippen molar-refractivity contribution in [2.75, 3.05) is 5.73 Å². The van der Waals surface area contributed by atoms with Crippen LogP contribution in [0, 0.1) is 12.8 Å². The van der Waals surface area contributed by atoms with Gasteiger partial charge in [-0.25, -0.2) is 0 Å². The largest absolute Gasteiger partial charge is 0.398 e. The number of rotatable bonds is 2. The fraction of sp³-hybridized carbons (Fsp3) is 0.615.